The van der Waals surface area contributed by atoms with Crippen LogP contribution in [0.5, 0.6) is 0 Å². The van der Waals surface area contributed by atoms with Gasteiger partial charge in [-0.05, 0) is 29.7 Å². The molecule has 0 fully saturated rings. The van der Waals surface area contributed by atoms with Crippen LogP contribution in [0.1, 0.15) is 12.5 Å². The van der Waals surface area contributed by atoms with Gasteiger partial charge in [0.05, 0.1) is 6.61 Å². The number of fused-ring (bicyclic) bond motifs is 1. The maximum Gasteiger partial charge on any atom is 0.320 e. The van der Waals surface area contributed by atoms with E-state index in [0.29, 0.717) is 0 Å². The molecule has 0 aliphatic carbocycles. The molecule has 20 heavy (non-hydrogen) atoms. The molecule has 0 unspecified atom stereocenters. The van der Waals surface area contributed by atoms with Crippen molar-refractivity contribution in [3.05, 3.63) is 48.0 Å². The first-order valence-electron chi connectivity index (χ1n) is 6.49. The summed E-state index contributed by atoms with van der Waals surface area (Å²) in [5, 5.41) is 11.2. The lowest BCUT2D eigenvalue weighted by molar-refractivity contribution is -0.158. The Morgan fingerprint density at radius 3 is 2.55 bits per heavy atom. The quantitative estimate of drug-likeness (QED) is 0.671. The highest BCUT2D eigenvalue weighted by Crippen LogP contribution is 2.22. The molecule has 0 aliphatic heterocycles. The van der Waals surface area contributed by atoms with E-state index in [4.69, 9.17) is 4.74 Å². The molecule has 0 saturated heterocycles. The second kappa shape index (κ2) is 6.19. The van der Waals surface area contributed by atoms with Crippen LogP contribution < -0.4 is 0 Å². The zero-order valence-corrected chi connectivity index (χ0v) is 11.2. The summed E-state index contributed by atoms with van der Waals surface area (Å²) < 4.78 is 4.83. The van der Waals surface area contributed by atoms with Crippen molar-refractivity contribution < 1.29 is 19.4 Å². The number of esters is 1. The van der Waals surface area contributed by atoms with E-state index in [2.05, 4.69) is 0 Å². The van der Waals surface area contributed by atoms with Crippen molar-refractivity contribution in [3.63, 3.8) is 0 Å². The van der Waals surface area contributed by atoms with E-state index in [1.165, 1.54) is 0 Å². The summed E-state index contributed by atoms with van der Waals surface area (Å²) in [6.45, 7) is 1.84. The van der Waals surface area contributed by atoms with E-state index in [-0.39, 0.29) is 13.0 Å². The van der Waals surface area contributed by atoms with Gasteiger partial charge in [0.25, 0.3) is 0 Å². The van der Waals surface area contributed by atoms with Crippen molar-refractivity contribution in [2.45, 2.75) is 13.3 Å². The lowest BCUT2D eigenvalue weighted by Crippen LogP contribution is -2.28. The van der Waals surface area contributed by atoms with Gasteiger partial charge in [0.15, 0.2) is 5.92 Å². The highest BCUT2D eigenvalue weighted by Gasteiger charge is 2.28. The number of carbonyl (C=O) groups is 2. The van der Waals surface area contributed by atoms with Crippen LogP contribution in [0.4, 0.5) is 0 Å². The Balaban J connectivity index is 2.34. The molecule has 0 amide bonds. The van der Waals surface area contributed by atoms with Crippen LogP contribution in [0.3, 0.4) is 0 Å². The summed E-state index contributed by atoms with van der Waals surface area (Å²) in [4.78, 5) is 23.0. The lowest BCUT2D eigenvalue weighted by atomic mass is 9.95. The molecule has 0 saturated carbocycles. The van der Waals surface area contributed by atoms with Crippen LogP contribution in [0.15, 0.2) is 42.5 Å². The predicted octanol–water partition coefficient (Wildman–Crippen LogP) is 2.65. The smallest absolute Gasteiger partial charge is 0.320 e. The van der Waals surface area contributed by atoms with Gasteiger partial charge in [-0.3, -0.25) is 9.59 Å². The Kier molecular flexibility index (Phi) is 4.35. The fourth-order valence-corrected chi connectivity index (χ4v) is 2.20. The second-order valence-electron chi connectivity index (χ2n) is 4.49. The van der Waals surface area contributed by atoms with Gasteiger partial charge in [-0.15, -0.1) is 0 Å². The monoisotopic (exact) mass is 272 g/mol. The summed E-state index contributed by atoms with van der Waals surface area (Å²) in [6, 6.07) is 13.4. The van der Waals surface area contributed by atoms with Crippen molar-refractivity contribution in [1.29, 1.82) is 0 Å². The minimum Gasteiger partial charge on any atom is -0.481 e. The minimum absolute atomic E-state index is 0.134. The normalized spacial score (nSPS) is 12.1. The summed E-state index contributed by atoms with van der Waals surface area (Å²) >= 11 is 0. The topological polar surface area (TPSA) is 63.6 Å². The molecule has 2 aromatic rings. The number of carbonyl (C=O) groups excluding carboxylic acids is 1. The second-order valence-corrected chi connectivity index (χ2v) is 4.49. The van der Waals surface area contributed by atoms with Crippen LogP contribution >= 0.6 is 0 Å². The Bertz CT molecular complexity index is 628. The minimum atomic E-state index is -1.17. The van der Waals surface area contributed by atoms with E-state index < -0.39 is 17.9 Å². The first kappa shape index (κ1) is 14.1. The zero-order valence-electron chi connectivity index (χ0n) is 11.2. The molecule has 1 atom stereocenters. The summed E-state index contributed by atoms with van der Waals surface area (Å²) in [5.41, 5.74) is 0.837. The van der Waals surface area contributed by atoms with Gasteiger partial charge in [-0.1, -0.05) is 42.5 Å². The van der Waals surface area contributed by atoms with Crippen molar-refractivity contribution in [2.24, 2.45) is 5.92 Å². The molecule has 0 spiro atoms. The predicted molar refractivity (Wildman–Crippen MR) is 75.4 cm³/mol. The summed E-state index contributed by atoms with van der Waals surface area (Å²) in [7, 11) is 0. The standard InChI is InChI=1S/C16H16O4/c1-2-20-16(19)14(15(17)18)10-12-8-5-7-11-6-3-4-9-13(11)12/h3-9,14H,2,10H2,1H3,(H,17,18)/t14-/m1/s1. The molecule has 0 radical (unpaired) electrons. The number of benzene rings is 2. The molecule has 2 aromatic carbocycles. The SMILES string of the molecule is CCOC(=O)[C@H](Cc1cccc2ccccc12)C(=O)O. The van der Waals surface area contributed by atoms with Gasteiger partial charge >= 0.3 is 11.9 Å². The lowest BCUT2D eigenvalue weighted by Gasteiger charge is -2.13. The van der Waals surface area contributed by atoms with Gasteiger partial charge in [0, 0.05) is 0 Å². The van der Waals surface area contributed by atoms with Gasteiger partial charge in [0.2, 0.25) is 0 Å². The average molecular weight is 272 g/mol. The van der Waals surface area contributed by atoms with Gasteiger partial charge in [-0.2, -0.15) is 0 Å². The molecular weight excluding hydrogens is 256 g/mol. The summed E-state index contributed by atoms with van der Waals surface area (Å²) in [5.74, 6) is -3.01. The maximum atomic E-state index is 11.7. The molecule has 0 aromatic heterocycles. The van der Waals surface area contributed by atoms with E-state index in [9.17, 15) is 14.7 Å². The molecule has 0 heterocycles. The average Bonchev–Trinajstić information content (AvgIpc) is 2.44. The van der Waals surface area contributed by atoms with Gasteiger partial charge in [-0.25, -0.2) is 0 Å². The van der Waals surface area contributed by atoms with Crippen molar-refractivity contribution >= 4 is 22.7 Å². The van der Waals surface area contributed by atoms with E-state index in [1.807, 2.05) is 42.5 Å². The number of carboxylic acid groups (broad SMARTS) is 1. The third kappa shape index (κ3) is 2.96. The molecular formula is C16H16O4. The number of carboxylic acids is 1. The number of hydrogen-bond donors (Lipinski definition) is 1. The number of ether oxygens (including phenoxy) is 1. The fraction of sp³-hybridized carbons (Fsp3) is 0.250. The summed E-state index contributed by atoms with van der Waals surface area (Å²) in [6.07, 6.45) is 0.134. The number of rotatable bonds is 5. The molecule has 4 nitrogen and oxygen atoms in total. The molecule has 0 aliphatic rings. The number of aliphatic carboxylic acids is 1. The van der Waals surface area contributed by atoms with Crippen LogP contribution in [0.25, 0.3) is 10.8 Å². The fourth-order valence-electron chi connectivity index (χ4n) is 2.20. The van der Waals surface area contributed by atoms with Crippen molar-refractivity contribution in [2.75, 3.05) is 6.61 Å². The zero-order chi connectivity index (χ0) is 14.5. The van der Waals surface area contributed by atoms with Crippen LogP contribution in [-0.4, -0.2) is 23.7 Å². The van der Waals surface area contributed by atoms with Crippen molar-refractivity contribution in [1.82, 2.24) is 0 Å². The van der Waals surface area contributed by atoms with E-state index in [1.54, 1.807) is 6.92 Å². The van der Waals surface area contributed by atoms with Crippen LogP contribution in [-0.2, 0) is 20.7 Å². The molecule has 2 rings (SSSR count). The maximum absolute atomic E-state index is 11.7. The van der Waals surface area contributed by atoms with Gasteiger partial charge in [0.1, 0.15) is 0 Å². The number of hydrogen-bond acceptors (Lipinski definition) is 3. The third-order valence-electron chi connectivity index (χ3n) is 3.17. The Hall–Kier alpha value is -2.36. The third-order valence-corrected chi connectivity index (χ3v) is 3.17. The van der Waals surface area contributed by atoms with Crippen LogP contribution in [0, 0.1) is 5.92 Å². The molecule has 0 bridgehead atoms. The van der Waals surface area contributed by atoms with Gasteiger partial charge < -0.3 is 9.84 Å². The van der Waals surface area contributed by atoms with E-state index in [0.717, 1.165) is 16.3 Å². The van der Waals surface area contributed by atoms with E-state index >= 15 is 0 Å². The Morgan fingerprint density at radius 1 is 1.15 bits per heavy atom. The van der Waals surface area contributed by atoms with Crippen molar-refractivity contribution in [3.8, 4) is 0 Å². The molecule has 4 heteroatoms. The van der Waals surface area contributed by atoms with Crippen LogP contribution in [0.2, 0.25) is 0 Å². The highest BCUT2D eigenvalue weighted by molar-refractivity contribution is 5.95. The molecule has 104 valence electrons. The first-order valence-corrected chi connectivity index (χ1v) is 6.49. The first-order chi connectivity index (χ1) is 9.63. The molecule has 1 N–H and O–H groups in total. The highest BCUT2D eigenvalue weighted by atomic mass is 16.5. The Labute approximate surface area is 117 Å². The largest absolute Gasteiger partial charge is 0.481 e. The Morgan fingerprint density at radius 2 is 1.85 bits per heavy atom.